The van der Waals surface area contributed by atoms with Crippen LogP contribution >= 0.6 is 0 Å². The zero-order valence-electron chi connectivity index (χ0n) is 10.3. The van der Waals surface area contributed by atoms with Crippen molar-refractivity contribution in [3.8, 4) is 6.07 Å². The summed E-state index contributed by atoms with van der Waals surface area (Å²) in [6.07, 6.45) is 8.35. The van der Waals surface area contributed by atoms with Gasteiger partial charge < -0.3 is 0 Å². The van der Waals surface area contributed by atoms with Crippen molar-refractivity contribution in [2.45, 2.75) is 51.4 Å². The SMILES string of the molecule is N#CC1(C2CCS(=O)(=O)C2)CCCCCCC1. The monoisotopic (exact) mass is 255 g/mol. The van der Waals surface area contributed by atoms with Gasteiger partial charge in [-0.05, 0) is 25.2 Å². The number of hydrogen-bond acceptors (Lipinski definition) is 3. The molecule has 1 aliphatic heterocycles. The van der Waals surface area contributed by atoms with Gasteiger partial charge in [-0.2, -0.15) is 5.26 Å². The van der Waals surface area contributed by atoms with Gasteiger partial charge in [0.15, 0.2) is 9.84 Å². The lowest BCUT2D eigenvalue weighted by Crippen LogP contribution is -2.31. The zero-order valence-corrected chi connectivity index (χ0v) is 11.1. The fraction of sp³-hybridized carbons (Fsp3) is 0.923. The molecule has 96 valence electrons. The molecule has 0 bridgehead atoms. The van der Waals surface area contributed by atoms with E-state index >= 15 is 0 Å². The molecule has 0 aromatic carbocycles. The van der Waals surface area contributed by atoms with Gasteiger partial charge in [0, 0.05) is 0 Å². The highest BCUT2D eigenvalue weighted by atomic mass is 32.2. The van der Waals surface area contributed by atoms with E-state index in [-0.39, 0.29) is 17.1 Å². The van der Waals surface area contributed by atoms with E-state index in [1.807, 2.05) is 0 Å². The van der Waals surface area contributed by atoms with Crippen molar-refractivity contribution in [2.24, 2.45) is 11.3 Å². The molecule has 0 radical (unpaired) electrons. The quantitative estimate of drug-likeness (QED) is 0.723. The van der Waals surface area contributed by atoms with Crippen LogP contribution in [0.25, 0.3) is 0 Å². The molecule has 1 aliphatic carbocycles. The minimum Gasteiger partial charge on any atom is -0.229 e. The first-order valence-corrected chi connectivity index (χ1v) is 8.52. The molecule has 0 aromatic heterocycles. The second-order valence-electron chi connectivity index (χ2n) is 5.64. The second-order valence-corrected chi connectivity index (χ2v) is 7.86. The third-order valence-electron chi connectivity index (χ3n) is 4.48. The Morgan fingerprint density at radius 1 is 1.06 bits per heavy atom. The van der Waals surface area contributed by atoms with Gasteiger partial charge in [-0.1, -0.05) is 32.1 Å². The minimum atomic E-state index is -2.87. The van der Waals surface area contributed by atoms with Crippen LogP contribution in [0.15, 0.2) is 0 Å². The van der Waals surface area contributed by atoms with Gasteiger partial charge in [-0.3, -0.25) is 0 Å². The molecule has 1 atom stereocenters. The van der Waals surface area contributed by atoms with Crippen LogP contribution in [0.1, 0.15) is 51.4 Å². The summed E-state index contributed by atoms with van der Waals surface area (Å²) >= 11 is 0. The Balaban J connectivity index is 2.15. The Morgan fingerprint density at radius 3 is 2.12 bits per heavy atom. The molecule has 1 saturated heterocycles. The van der Waals surface area contributed by atoms with E-state index in [1.165, 1.54) is 19.3 Å². The highest BCUT2D eigenvalue weighted by Gasteiger charge is 2.44. The van der Waals surface area contributed by atoms with E-state index in [0.717, 1.165) is 25.7 Å². The average Bonchev–Trinajstić information content (AvgIpc) is 2.60. The summed E-state index contributed by atoms with van der Waals surface area (Å²) in [4.78, 5) is 0. The van der Waals surface area contributed by atoms with E-state index in [0.29, 0.717) is 12.2 Å². The number of nitrogens with zero attached hydrogens (tertiary/aromatic N) is 1. The van der Waals surface area contributed by atoms with E-state index in [4.69, 9.17) is 0 Å². The number of hydrogen-bond donors (Lipinski definition) is 0. The third-order valence-corrected chi connectivity index (χ3v) is 6.25. The first-order chi connectivity index (χ1) is 8.08. The molecule has 0 amide bonds. The summed E-state index contributed by atoms with van der Waals surface area (Å²) in [7, 11) is -2.87. The summed E-state index contributed by atoms with van der Waals surface area (Å²) in [6.45, 7) is 0. The molecular weight excluding hydrogens is 234 g/mol. The summed E-state index contributed by atoms with van der Waals surface area (Å²) in [5.74, 6) is 0.636. The molecular formula is C13H21NO2S. The van der Waals surface area contributed by atoms with Crippen LogP contribution in [0.3, 0.4) is 0 Å². The predicted octanol–water partition coefficient (Wildman–Crippen LogP) is 2.68. The van der Waals surface area contributed by atoms with Crippen molar-refractivity contribution in [1.82, 2.24) is 0 Å². The molecule has 2 aliphatic rings. The highest BCUT2D eigenvalue weighted by molar-refractivity contribution is 7.91. The maximum atomic E-state index is 11.6. The van der Waals surface area contributed by atoms with Crippen molar-refractivity contribution < 1.29 is 8.42 Å². The molecule has 1 heterocycles. The molecule has 4 heteroatoms. The summed E-state index contributed by atoms with van der Waals surface area (Å²) in [5.41, 5.74) is -0.343. The third kappa shape index (κ3) is 2.82. The normalized spacial score (nSPS) is 32.3. The minimum absolute atomic E-state index is 0.0931. The van der Waals surface area contributed by atoms with Crippen LogP contribution < -0.4 is 0 Å². The first-order valence-electron chi connectivity index (χ1n) is 6.70. The van der Waals surface area contributed by atoms with Crippen LogP contribution in [0.2, 0.25) is 0 Å². The van der Waals surface area contributed by atoms with E-state index in [1.54, 1.807) is 0 Å². The molecule has 0 N–H and O–H groups in total. The van der Waals surface area contributed by atoms with Crippen LogP contribution in [-0.4, -0.2) is 19.9 Å². The highest BCUT2D eigenvalue weighted by Crippen LogP contribution is 2.44. The Kier molecular flexibility index (Phi) is 3.77. The smallest absolute Gasteiger partial charge is 0.150 e. The van der Waals surface area contributed by atoms with Gasteiger partial charge in [0.05, 0.1) is 23.0 Å². The van der Waals surface area contributed by atoms with Gasteiger partial charge in [0.2, 0.25) is 0 Å². The van der Waals surface area contributed by atoms with Gasteiger partial charge in [0.1, 0.15) is 0 Å². The first kappa shape index (κ1) is 12.9. The Morgan fingerprint density at radius 2 is 1.65 bits per heavy atom. The summed E-state index contributed by atoms with van der Waals surface area (Å²) in [6, 6.07) is 2.50. The van der Waals surface area contributed by atoms with Gasteiger partial charge in [0.25, 0.3) is 0 Å². The van der Waals surface area contributed by atoms with Crippen molar-refractivity contribution in [3.05, 3.63) is 0 Å². The molecule has 1 saturated carbocycles. The summed E-state index contributed by atoms with van der Waals surface area (Å²) < 4.78 is 23.2. The van der Waals surface area contributed by atoms with Gasteiger partial charge in [-0.25, -0.2) is 8.42 Å². The lowest BCUT2D eigenvalue weighted by Gasteiger charge is -2.33. The zero-order chi connectivity index (χ0) is 12.4. The topological polar surface area (TPSA) is 57.9 Å². The molecule has 3 nitrogen and oxygen atoms in total. The Hall–Kier alpha value is -0.560. The van der Waals surface area contributed by atoms with Crippen molar-refractivity contribution in [3.63, 3.8) is 0 Å². The fourth-order valence-electron chi connectivity index (χ4n) is 3.38. The maximum Gasteiger partial charge on any atom is 0.150 e. The fourth-order valence-corrected chi connectivity index (χ4v) is 5.29. The predicted molar refractivity (Wildman–Crippen MR) is 67.1 cm³/mol. The summed E-state index contributed by atoms with van der Waals surface area (Å²) in [5, 5.41) is 9.54. The molecule has 2 fully saturated rings. The van der Waals surface area contributed by atoms with E-state index < -0.39 is 9.84 Å². The number of rotatable bonds is 1. The lowest BCUT2D eigenvalue weighted by atomic mass is 9.68. The average molecular weight is 255 g/mol. The Labute approximate surface area is 104 Å². The van der Waals surface area contributed by atoms with Crippen LogP contribution in [-0.2, 0) is 9.84 Å². The standard InChI is InChI=1S/C13H21NO2S/c14-11-13(7-4-2-1-3-5-8-13)12-6-9-17(15,16)10-12/h12H,1-10H2. The van der Waals surface area contributed by atoms with Crippen molar-refractivity contribution in [2.75, 3.05) is 11.5 Å². The van der Waals surface area contributed by atoms with Gasteiger partial charge >= 0.3 is 0 Å². The lowest BCUT2D eigenvalue weighted by molar-refractivity contribution is 0.199. The number of nitriles is 1. The molecule has 1 unspecified atom stereocenters. The van der Waals surface area contributed by atoms with Crippen LogP contribution in [0.4, 0.5) is 0 Å². The van der Waals surface area contributed by atoms with Crippen LogP contribution in [0.5, 0.6) is 0 Å². The maximum absolute atomic E-state index is 11.6. The van der Waals surface area contributed by atoms with Crippen molar-refractivity contribution in [1.29, 1.82) is 5.26 Å². The van der Waals surface area contributed by atoms with E-state index in [2.05, 4.69) is 6.07 Å². The second kappa shape index (κ2) is 4.97. The van der Waals surface area contributed by atoms with Crippen LogP contribution in [0, 0.1) is 22.7 Å². The molecule has 0 aromatic rings. The molecule has 2 rings (SSSR count). The molecule has 17 heavy (non-hydrogen) atoms. The Bertz CT molecular complexity index is 400. The van der Waals surface area contributed by atoms with Gasteiger partial charge in [-0.15, -0.1) is 0 Å². The largest absolute Gasteiger partial charge is 0.229 e. The number of sulfone groups is 1. The molecule has 0 spiro atoms. The van der Waals surface area contributed by atoms with E-state index in [9.17, 15) is 13.7 Å². The van der Waals surface area contributed by atoms with Crippen molar-refractivity contribution >= 4 is 9.84 Å².